The number of carbonyl (C=O) groups is 1. The standard InChI is InChI=1S/C19H27NO3/c1-19(2,3)23-18(21)20-13-11-16(12-14-20)6-5-15-7-9-17(22-4)10-8-15/h5-10,16H,11-14H2,1-4H3/b6-5+. The molecular formula is C19H27NO3. The van der Waals surface area contributed by atoms with Crippen LogP contribution in [0.2, 0.25) is 0 Å². The molecule has 0 aromatic heterocycles. The molecule has 0 radical (unpaired) electrons. The fraction of sp³-hybridized carbons (Fsp3) is 0.526. The minimum absolute atomic E-state index is 0.199. The highest BCUT2D eigenvalue weighted by Gasteiger charge is 2.25. The summed E-state index contributed by atoms with van der Waals surface area (Å²) in [4.78, 5) is 13.8. The summed E-state index contributed by atoms with van der Waals surface area (Å²) >= 11 is 0. The summed E-state index contributed by atoms with van der Waals surface area (Å²) in [5.41, 5.74) is 0.739. The molecule has 0 saturated carbocycles. The maximum absolute atomic E-state index is 12.0. The normalized spacial score (nSPS) is 16.6. The van der Waals surface area contributed by atoms with E-state index in [0.29, 0.717) is 5.92 Å². The second kappa shape index (κ2) is 7.53. The summed E-state index contributed by atoms with van der Waals surface area (Å²) in [5.74, 6) is 1.38. The Labute approximate surface area is 139 Å². The molecule has 1 aliphatic rings. The van der Waals surface area contributed by atoms with E-state index in [2.05, 4.69) is 12.2 Å². The Morgan fingerprint density at radius 3 is 2.30 bits per heavy atom. The van der Waals surface area contributed by atoms with Crippen molar-refractivity contribution in [3.05, 3.63) is 35.9 Å². The fourth-order valence-electron chi connectivity index (χ4n) is 2.56. The number of benzene rings is 1. The molecule has 1 fully saturated rings. The van der Waals surface area contributed by atoms with Gasteiger partial charge in [-0.3, -0.25) is 0 Å². The molecule has 1 aliphatic heterocycles. The molecule has 1 saturated heterocycles. The van der Waals surface area contributed by atoms with Gasteiger partial charge in [0.15, 0.2) is 0 Å². The predicted molar refractivity (Wildman–Crippen MR) is 92.6 cm³/mol. The van der Waals surface area contributed by atoms with E-state index < -0.39 is 5.60 Å². The van der Waals surface area contributed by atoms with Crippen LogP contribution in [0.15, 0.2) is 30.3 Å². The van der Waals surface area contributed by atoms with Crippen molar-refractivity contribution in [2.45, 2.75) is 39.2 Å². The van der Waals surface area contributed by atoms with E-state index in [9.17, 15) is 4.79 Å². The number of amides is 1. The molecule has 4 heteroatoms. The maximum atomic E-state index is 12.0. The Morgan fingerprint density at radius 1 is 1.17 bits per heavy atom. The third kappa shape index (κ3) is 5.62. The van der Waals surface area contributed by atoms with Gasteiger partial charge in [0.25, 0.3) is 0 Å². The van der Waals surface area contributed by atoms with Crippen molar-refractivity contribution in [3.8, 4) is 5.75 Å². The Balaban J connectivity index is 1.82. The predicted octanol–water partition coefficient (Wildman–Crippen LogP) is 4.36. The third-order valence-corrected chi connectivity index (χ3v) is 3.87. The van der Waals surface area contributed by atoms with Crippen molar-refractivity contribution in [1.29, 1.82) is 0 Å². The number of carbonyl (C=O) groups excluding carboxylic acids is 1. The first-order valence-electron chi connectivity index (χ1n) is 8.17. The van der Waals surface area contributed by atoms with E-state index in [-0.39, 0.29) is 6.09 Å². The van der Waals surface area contributed by atoms with Crippen LogP contribution in [0.3, 0.4) is 0 Å². The topological polar surface area (TPSA) is 38.8 Å². The van der Waals surface area contributed by atoms with Crippen LogP contribution in [-0.2, 0) is 4.74 Å². The van der Waals surface area contributed by atoms with Gasteiger partial charge in [0, 0.05) is 13.1 Å². The molecule has 0 atom stereocenters. The molecule has 1 aromatic carbocycles. The molecule has 0 unspecified atom stereocenters. The number of ether oxygens (including phenoxy) is 2. The maximum Gasteiger partial charge on any atom is 0.410 e. The minimum atomic E-state index is -0.428. The average molecular weight is 317 g/mol. The van der Waals surface area contributed by atoms with Crippen LogP contribution in [0.25, 0.3) is 6.08 Å². The molecule has 4 nitrogen and oxygen atoms in total. The molecule has 1 heterocycles. The quantitative estimate of drug-likeness (QED) is 0.831. The van der Waals surface area contributed by atoms with Crippen LogP contribution in [-0.4, -0.2) is 36.8 Å². The summed E-state index contributed by atoms with van der Waals surface area (Å²) in [6, 6.07) is 8.02. The Kier molecular flexibility index (Phi) is 5.69. The van der Waals surface area contributed by atoms with Gasteiger partial charge in [0.05, 0.1) is 7.11 Å². The number of piperidine rings is 1. The van der Waals surface area contributed by atoms with Crippen LogP contribution in [0, 0.1) is 5.92 Å². The summed E-state index contributed by atoms with van der Waals surface area (Å²) in [7, 11) is 1.67. The Bertz CT molecular complexity index is 535. The second-order valence-electron chi connectivity index (χ2n) is 6.94. The highest BCUT2D eigenvalue weighted by Crippen LogP contribution is 2.22. The zero-order chi connectivity index (χ0) is 16.9. The zero-order valence-corrected chi connectivity index (χ0v) is 14.5. The summed E-state index contributed by atoms with van der Waals surface area (Å²) < 4.78 is 10.6. The SMILES string of the molecule is COc1ccc(/C=C/C2CCN(C(=O)OC(C)(C)C)CC2)cc1. The van der Waals surface area contributed by atoms with Gasteiger partial charge in [-0.05, 0) is 57.2 Å². The van der Waals surface area contributed by atoms with Gasteiger partial charge < -0.3 is 14.4 Å². The highest BCUT2D eigenvalue weighted by molar-refractivity contribution is 5.68. The lowest BCUT2D eigenvalue weighted by molar-refractivity contribution is 0.0197. The van der Waals surface area contributed by atoms with E-state index in [1.54, 1.807) is 7.11 Å². The lowest BCUT2D eigenvalue weighted by atomic mass is 9.96. The third-order valence-electron chi connectivity index (χ3n) is 3.87. The van der Waals surface area contributed by atoms with Crippen LogP contribution < -0.4 is 4.74 Å². The van der Waals surface area contributed by atoms with E-state index in [1.165, 1.54) is 5.56 Å². The average Bonchev–Trinajstić information content (AvgIpc) is 2.52. The molecule has 1 amide bonds. The lowest BCUT2D eigenvalue weighted by Crippen LogP contribution is -2.41. The van der Waals surface area contributed by atoms with E-state index >= 15 is 0 Å². The van der Waals surface area contributed by atoms with Crippen molar-refractivity contribution in [2.75, 3.05) is 20.2 Å². The lowest BCUT2D eigenvalue weighted by Gasteiger charge is -2.32. The minimum Gasteiger partial charge on any atom is -0.497 e. The molecule has 0 aliphatic carbocycles. The van der Waals surface area contributed by atoms with Crippen molar-refractivity contribution >= 4 is 12.2 Å². The molecule has 0 N–H and O–H groups in total. The number of nitrogens with zero attached hydrogens (tertiary/aromatic N) is 1. The number of likely N-dealkylation sites (tertiary alicyclic amines) is 1. The van der Waals surface area contributed by atoms with E-state index in [4.69, 9.17) is 9.47 Å². The van der Waals surface area contributed by atoms with Gasteiger partial charge in [-0.2, -0.15) is 0 Å². The van der Waals surface area contributed by atoms with Crippen LogP contribution >= 0.6 is 0 Å². The largest absolute Gasteiger partial charge is 0.497 e. The summed E-state index contributed by atoms with van der Waals surface area (Å²) in [6.07, 6.45) is 6.15. The van der Waals surface area contributed by atoms with Gasteiger partial charge in [-0.15, -0.1) is 0 Å². The monoisotopic (exact) mass is 317 g/mol. The van der Waals surface area contributed by atoms with E-state index in [0.717, 1.165) is 31.7 Å². The molecule has 126 valence electrons. The van der Waals surface area contributed by atoms with Gasteiger partial charge in [0.2, 0.25) is 0 Å². The van der Waals surface area contributed by atoms with Crippen molar-refractivity contribution in [3.63, 3.8) is 0 Å². The van der Waals surface area contributed by atoms with E-state index in [1.807, 2.05) is 49.9 Å². The fourth-order valence-corrected chi connectivity index (χ4v) is 2.56. The first-order chi connectivity index (χ1) is 10.9. The number of hydrogen-bond donors (Lipinski definition) is 0. The number of hydrogen-bond acceptors (Lipinski definition) is 3. The first kappa shape index (κ1) is 17.4. The molecule has 1 aromatic rings. The van der Waals surface area contributed by atoms with Crippen molar-refractivity contribution in [1.82, 2.24) is 4.90 Å². The summed E-state index contributed by atoms with van der Waals surface area (Å²) in [6.45, 7) is 7.21. The van der Waals surface area contributed by atoms with Crippen molar-refractivity contribution in [2.24, 2.45) is 5.92 Å². The second-order valence-corrected chi connectivity index (χ2v) is 6.94. The number of rotatable bonds is 3. The molecule has 0 spiro atoms. The van der Waals surface area contributed by atoms with Gasteiger partial charge in [0.1, 0.15) is 11.4 Å². The Hall–Kier alpha value is -1.97. The highest BCUT2D eigenvalue weighted by atomic mass is 16.6. The first-order valence-corrected chi connectivity index (χ1v) is 8.17. The van der Waals surface area contributed by atoms with Crippen LogP contribution in [0.4, 0.5) is 4.79 Å². The molecular weight excluding hydrogens is 290 g/mol. The van der Waals surface area contributed by atoms with Crippen molar-refractivity contribution < 1.29 is 14.3 Å². The number of allylic oxidation sites excluding steroid dienone is 1. The molecule has 2 rings (SSSR count). The Morgan fingerprint density at radius 2 is 1.78 bits per heavy atom. The smallest absolute Gasteiger partial charge is 0.410 e. The van der Waals surface area contributed by atoms with Gasteiger partial charge >= 0.3 is 6.09 Å². The molecule has 0 bridgehead atoms. The van der Waals surface area contributed by atoms with Crippen LogP contribution in [0.5, 0.6) is 5.75 Å². The summed E-state index contributed by atoms with van der Waals surface area (Å²) in [5, 5.41) is 0. The molecule has 23 heavy (non-hydrogen) atoms. The van der Waals surface area contributed by atoms with Crippen LogP contribution in [0.1, 0.15) is 39.2 Å². The van der Waals surface area contributed by atoms with Gasteiger partial charge in [-0.1, -0.05) is 24.3 Å². The van der Waals surface area contributed by atoms with Gasteiger partial charge in [-0.25, -0.2) is 4.79 Å². The zero-order valence-electron chi connectivity index (χ0n) is 14.5. The number of methoxy groups -OCH3 is 1.